The van der Waals surface area contributed by atoms with Gasteiger partial charge in [-0.25, -0.2) is 9.97 Å². The number of nitrogens with zero attached hydrogens (tertiary/aromatic N) is 4. The van der Waals surface area contributed by atoms with Gasteiger partial charge in [0.15, 0.2) is 0 Å². The van der Waals surface area contributed by atoms with Crippen LogP contribution in [0.25, 0.3) is 33.4 Å². The van der Waals surface area contributed by atoms with Crippen molar-refractivity contribution in [2.45, 2.75) is 25.9 Å². The molecule has 2 N–H and O–H groups in total. The van der Waals surface area contributed by atoms with Gasteiger partial charge in [-0.2, -0.15) is 13.2 Å². The van der Waals surface area contributed by atoms with E-state index in [4.69, 9.17) is 0 Å². The maximum absolute atomic E-state index is 13.0. The number of aliphatic hydroxyl groups excluding tert-OH is 1. The van der Waals surface area contributed by atoms with E-state index in [1.165, 1.54) is 12.1 Å². The second-order valence-corrected chi connectivity index (χ2v) is 7.91. The molecule has 1 atom stereocenters. The van der Waals surface area contributed by atoms with Crippen LogP contribution in [0, 0.1) is 5.92 Å². The van der Waals surface area contributed by atoms with Crippen LogP contribution in [0.15, 0.2) is 53.7 Å². The fraction of sp³-hybridized carbons (Fsp3) is 0.261. The lowest BCUT2D eigenvalue weighted by atomic mass is 9.95. The molecule has 0 fully saturated rings. The van der Waals surface area contributed by atoms with Crippen molar-refractivity contribution in [3.8, 4) is 22.5 Å². The molecule has 33 heavy (non-hydrogen) atoms. The van der Waals surface area contributed by atoms with Crippen LogP contribution >= 0.6 is 0 Å². The van der Waals surface area contributed by atoms with Gasteiger partial charge in [0.05, 0.1) is 23.4 Å². The molecule has 0 aliphatic carbocycles. The van der Waals surface area contributed by atoms with E-state index in [-0.39, 0.29) is 29.5 Å². The molecule has 4 aromatic rings. The Hall–Kier alpha value is -3.66. The molecule has 0 spiro atoms. The lowest BCUT2D eigenvalue weighted by molar-refractivity contribution is -0.141. The van der Waals surface area contributed by atoms with Crippen LogP contribution in [-0.2, 0) is 6.18 Å². The van der Waals surface area contributed by atoms with Gasteiger partial charge in [-0.15, -0.1) is 0 Å². The van der Waals surface area contributed by atoms with Gasteiger partial charge in [-0.05, 0) is 36.2 Å². The first-order chi connectivity index (χ1) is 15.7. The maximum atomic E-state index is 13.0. The summed E-state index contributed by atoms with van der Waals surface area (Å²) in [6, 6.07) is 7.04. The van der Waals surface area contributed by atoms with E-state index < -0.39 is 17.4 Å². The summed E-state index contributed by atoms with van der Waals surface area (Å²) in [5.41, 5.74) is 0.362. The molecule has 0 aromatic carbocycles. The molecular formula is C23H20F3N5O2. The average molecular weight is 455 g/mol. The zero-order valence-corrected chi connectivity index (χ0v) is 17.8. The van der Waals surface area contributed by atoms with Gasteiger partial charge in [0.25, 0.3) is 5.56 Å². The molecule has 0 aliphatic rings. The fourth-order valence-corrected chi connectivity index (χ4v) is 3.51. The van der Waals surface area contributed by atoms with Gasteiger partial charge in [0.2, 0.25) is 0 Å². The molecule has 0 saturated carbocycles. The van der Waals surface area contributed by atoms with E-state index in [2.05, 4.69) is 24.9 Å². The first-order valence-electron chi connectivity index (χ1n) is 10.2. The quantitative estimate of drug-likeness (QED) is 0.468. The standard InChI is InChI=1S/C23H20F3N5O2/c1-12(2)16(11-32)21-30-20-15(22(33)31-21)8-17(29-19(20)14-4-3-7-27-9-14)13-5-6-18(28-10-13)23(24,25)26/h3-10,12,16,32H,11H2,1-2H3,(H,30,31,33). The van der Waals surface area contributed by atoms with E-state index in [1.54, 1.807) is 24.5 Å². The normalized spacial score (nSPS) is 12.9. The molecule has 0 saturated heterocycles. The van der Waals surface area contributed by atoms with Crippen molar-refractivity contribution in [3.63, 3.8) is 0 Å². The van der Waals surface area contributed by atoms with Crippen molar-refractivity contribution in [3.05, 3.63) is 70.8 Å². The van der Waals surface area contributed by atoms with Crippen molar-refractivity contribution in [2.24, 2.45) is 5.92 Å². The largest absolute Gasteiger partial charge is 0.433 e. The van der Waals surface area contributed by atoms with Gasteiger partial charge in [-0.3, -0.25) is 14.8 Å². The molecule has 10 heteroatoms. The minimum atomic E-state index is -4.56. The number of H-pyrrole nitrogens is 1. The monoisotopic (exact) mass is 455 g/mol. The van der Waals surface area contributed by atoms with Crippen LogP contribution < -0.4 is 5.56 Å². The fourth-order valence-electron chi connectivity index (χ4n) is 3.51. The zero-order chi connectivity index (χ0) is 23.8. The van der Waals surface area contributed by atoms with Gasteiger partial charge >= 0.3 is 6.18 Å². The summed E-state index contributed by atoms with van der Waals surface area (Å²) >= 11 is 0. The molecular weight excluding hydrogens is 435 g/mol. The highest BCUT2D eigenvalue weighted by Crippen LogP contribution is 2.32. The van der Waals surface area contributed by atoms with E-state index in [9.17, 15) is 23.1 Å². The lowest BCUT2D eigenvalue weighted by Gasteiger charge is -2.18. The third-order valence-corrected chi connectivity index (χ3v) is 5.35. The van der Waals surface area contributed by atoms with Crippen molar-refractivity contribution >= 4 is 10.9 Å². The van der Waals surface area contributed by atoms with Gasteiger partial charge in [-0.1, -0.05) is 13.8 Å². The van der Waals surface area contributed by atoms with Crippen molar-refractivity contribution in [1.82, 2.24) is 24.9 Å². The van der Waals surface area contributed by atoms with Crippen molar-refractivity contribution in [2.75, 3.05) is 6.61 Å². The number of hydrogen-bond acceptors (Lipinski definition) is 6. The number of aliphatic hydroxyl groups is 1. The summed E-state index contributed by atoms with van der Waals surface area (Å²) < 4.78 is 38.7. The van der Waals surface area contributed by atoms with E-state index >= 15 is 0 Å². The summed E-state index contributed by atoms with van der Waals surface area (Å²) in [7, 11) is 0. The highest BCUT2D eigenvalue weighted by molar-refractivity contribution is 5.93. The molecule has 0 aliphatic heterocycles. The molecule has 4 rings (SSSR count). The molecule has 0 radical (unpaired) electrons. The Kier molecular flexibility index (Phi) is 5.94. The van der Waals surface area contributed by atoms with E-state index in [0.29, 0.717) is 28.2 Å². The van der Waals surface area contributed by atoms with E-state index in [0.717, 1.165) is 12.3 Å². The highest BCUT2D eigenvalue weighted by Gasteiger charge is 2.32. The smallest absolute Gasteiger partial charge is 0.396 e. The van der Waals surface area contributed by atoms with Crippen LogP contribution in [-0.4, -0.2) is 36.6 Å². The summed E-state index contributed by atoms with van der Waals surface area (Å²) in [5.74, 6) is -0.0357. The number of fused-ring (bicyclic) bond motifs is 1. The van der Waals surface area contributed by atoms with Gasteiger partial charge < -0.3 is 10.1 Å². The highest BCUT2D eigenvalue weighted by atomic mass is 19.4. The predicted molar refractivity (Wildman–Crippen MR) is 116 cm³/mol. The Balaban J connectivity index is 1.96. The summed E-state index contributed by atoms with van der Waals surface area (Å²) in [6.45, 7) is 3.62. The lowest BCUT2D eigenvalue weighted by Crippen LogP contribution is -2.20. The number of nitrogens with one attached hydrogen (secondary N) is 1. The Morgan fingerprint density at radius 3 is 2.45 bits per heavy atom. The number of halogens is 3. The van der Waals surface area contributed by atoms with Crippen LogP contribution in [0.4, 0.5) is 13.2 Å². The number of rotatable bonds is 5. The van der Waals surface area contributed by atoms with Gasteiger partial charge in [0, 0.05) is 35.6 Å². The SMILES string of the molecule is CC(C)C(CO)c1nc2c(-c3cccnc3)nc(-c3ccc(C(F)(F)F)nc3)cc2c(=O)[nH]1. The molecule has 170 valence electrons. The molecule has 0 bridgehead atoms. The molecule has 0 amide bonds. The number of hydrogen-bond donors (Lipinski definition) is 2. The summed E-state index contributed by atoms with van der Waals surface area (Å²) in [5, 5.41) is 10.0. The third kappa shape index (κ3) is 4.47. The van der Waals surface area contributed by atoms with Crippen LogP contribution in [0.3, 0.4) is 0 Å². The predicted octanol–water partition coefficient (Wildman–Crippen LogP) is 4.19. The number of aromatic nitrogens is 5. The molecule has 4 heterocycles. The first-order valence-corrected chi connectivity index (χ1v) is 10.2. The summed E-state index contributed by atoms with van der Waals surface area (Å²) in [6.07, 6.45) is -0.347. The van der Waals surface area contributed by atoms with E-state index in [1.807, 2.05) is 13.8 Å². The Labute approximate surface area is 186 Å². The van der Waals surface area contributed by atoms with Crippen LogP contribution in [0.5, 0.6) is 0 Å². The molecule has 1 unspecified atom stereocenters. The summed E-state index contributed by atoms with van der Waals surface area (Å²) in [4.78, 5) is 32.6. The second kappa shape index (κ2) is 8.70. The minimum Gasteiger partial charge on any atom is -0.396 e. The maximum Gasteiger partial charge on any atom is 0.433 e. The Morgan fingerprint density at radius 1 is 1.09 bits per heavy atom. The molecule has 7 nitrogen and oxygen atoms in total. The van der Waals surface area contributed by atoms with Crippen molar-refractivity contribution < 1.29 is 18.3 Å². The first kappa shape index (κ1) is 22.5. The van der Waals surface area contributed by atoms with Crippen LogP contribution in [0.2, 0.25) is 0 Å². The van der Waals surface area contributed by atoms with Crippen LogP contribution in [0.1, 0.15) is 31.3 Å². The number of alkyl halides is 3. The second-order valence-electron chi connectivity index (χ2n) is 7.91. The number of aromatic amines is 1. The third-order valence-electron chi connectivity index (χ3n) is 5.35. The Bertz CT molecular complexity index is 1340. The zero-order valence-electron chi connectivity index (χ0n) is 17.8. The van der Waals surface area contributed by atoms with Gasteiger partial charge in [0.1, 0.15) is 17.0 Å². The number of pyridine rings is 3. The average Bonchev–Trinajstić information content (AvgIpc) is 2.79. The Morgan fingerprint density at radius 2 is 1.88 bits per heavy atom. The van der Waals surface area contributed by atoms with Crippen molar-refractivity contribution in [1.29, 1.82) is 0 Å². The topological polar surface area (TPSA) is 105 Å². The molecule has 4 aromatic heterocycles. The minimum absolute atomic E-state index is 0.0166.